The van der Waals surface area contributed by atoms with E-state index in [0.29, 0.717) is 27.2 Å². The topological polar surface area (TPSA) is 56.2 Å². The van der Waals surface area contributed by atoms with Crippen LogP contribution in [-0.2, 0) is 5.75 Å². The molecule has 0 saturated heterocycles. The van der Waals surface area contributed by atoms with E-state index in [2.05, 4.69) is 4.98 Å². The van der Waals surface area contributed by atoms with Crippen molar-refractivity contribution in [3.8, 4) is 0 Å². The molecule has 0 atom stereocenters. The van der Waals surface area contributed by atoms with Crippen LogP contribution in [0.4, 0.5) is 0 Å². The zero-order chi connectivity index (χ0) is 16.7. The van der Waals surface area contributed by atoms with E-state index in [1.165, 1.54) is 17.8 Å². The molecular formula is C18H12ClNO3S. The molecule has 0 radical (unpaired) electrons. The van der Waals surface area contributed by atoms with Gasteiger partial charge >= 0.3 is 5.63 Å². The number of rotatable bonds is 3. The molecule has 24 heavy (non-hydrogen) atoms. The number of nitrogens with zero attached hydrogens (tertiary/aromatic N) is 1. The van der Waals surface area contributed by atoms with Gasteiger partial charge in [-0.1, -0.05) is 35.5 Å². The predicted octanol–water partition coefficient (Wildman–Crippen LogP) is 5.19. The maximum atomic E-state index is 11.8. The maximum Gasteiger partial charge on any atom is 0.336 e. The first-order valence-corrected chi connectivity index (χ1v) is 8.67. The van der Waals surface area contributed by atoms with Gasteiger partial charge in [0.15, 0.2) is 5.58 Å². The molecule has 2 aromatic carbocycles. The second-order valence-electron chi connectivity index (χ2n) is 5.47. The Balaban J connectivity index is 1.67. The van der Waals surface area contributed by atoms with Crippen LogP contribution in [-0.4, -0.2) is 4.98 Å². The largest absolute Gasteiger partial charge is 0.431 e. The van der Waals surface area contributed by atoms with E-state index >= 15 is 0 Å². The van der Waals surface area contributed by atoms with Crippen LogP contribution in [0.2, 0.25) is 5.02 Å². The third kappa shape index (κ3) is 2.92. The van der Waals surface area contributed by atoms with Crippen molar-refractivity contribution in [2.45, 2.75) is 17.9 Å². The Labute approximate surface area is 146 Å². The van der Waals surface area contributed by atoms with Gasteiger partial charge in [0, 0.05) is 28.3 Å². The van der Waals surface area contributed by atoms with E-state index < -0.39 is 0 Å². The summed E-state index contributed by atoms with van der Waals surface area (Å²) in [5, 5.41) is 2.07. The molecule has 0 unspecified atom stereocenters. The highest BCUT2D eigenvalue weighted by atomic mass is 35.5. The molecule has 0 aliphatic heterocycles. The number of hydrogen-bond acceptors (Lipinski definition) is 5. The van der Waals surface area contributed by atoms with Crippen molar-refractivity contribution in [2.24, 2.45) is 0 Å². The van der Waals surface area contributed by atoms with Gasteiger partial charge in [0.05, 0.1) is 0 Å². The predicted molar refractivity (Wildman–Crippen MR) is 95.8 cm³/mol. The van der Waals surface area contributed by atoms with E-state index in [1.807, 2.05) is 31.2 Å². The Hall–Kier alpha value is -2.24. The third-order valence-electron chi connectivity index (χ3n) is 3.67. The lowest BCUT2D eigenvalue weighted by Crippen LogP contribution is -2.00. The average Bonchev–Trinajstić information content (AvgIpc) is 2.94. The normalized spacial score (nSPS) is 11.4. The molecule has 0 spiro atoms. The second-order valence-corrected chi connectivity index (χ2v) is 6.83. The Bertz CT molecular complexity index is 1120. The van der Waals surface area contributed by atoms with Gasteiger partial charge in [-0.25, -0.2) is 9.78 Å². The number of hydrogen-bond donors (Lipinski definition) is 0. The lowest BCUT2D eigenvalue weighted by molar-refractivity contribution is 0.489. The van der Waals surface area contributed by atoms with Crippen LogP contribution in [0.15, 0.2) is 61.3 Å². The van der Waals surface area contributed by atoms with E-state index in [-0.39, 0.29) is 5.63 Å². The Kier molecular flexibility index (Phi) is 3.82. The summed E-state index contributed by atoms with van der Waals surface area (Å²) < 4.78 is 11.0. The number of halogens is 1. The van der Waals surface area contributed by atoms with Gasteiger partial charge < -0.3 is 8.83 Å². The van der Waals surface area contributed by atoms with E-state index in [4.69, 9.17) is 20.4 Å². The van der Waals surface area contributed by atoms with E-state index in [9.17, 15) is 4.79 Å². The van der Waals surface area contributed by atoms with Crippen LogP contribution in [0.3, 0.4) is 0 Å². The molecule has 0 bridgehead atoms. The number of fused-ring (bicyclic) bond motifs is 2. The smallest absolute Gasteiger partial charge is 0.336 e. The number of aromatic nitrogens is 1. The first-order chi connectivity index (χ1) is 11.6. The van der Waals surface area contributed by atoms with Crippen molar-refractivity contribution >= 4 is 45.4 Å². The van der Waals surface area contributed by atoms with Gasteiger partial charge in [-0.3, -0.25) is 0 Å². The highest BCUT2D eigenvalue weighted by Gasteiger charge is 2.10. The molecule has 0 fully saturated rings. The number of thioether (sulfide) groups is 1. The van der Waals surface area contributed by atoms with Crippen molar-refractivity contribution in [1.82, 2.24) is 4.98 Å². The lowest BCUT2D eigenvalue weighted by atomic mass is 10.1. The molecule has 0 aliphatic rings. The minimum atomic E-state index is -0.354. The molecule has 2 heterocycles. The van der Waals surface area contributed by atoms with Crippen molar-refractivity contribution in [3.63, 3.8) is 0 Å². The first-order valence-electron chi connectivity index (χ1n) is 7.31. The molecule has 2 aromatic heterocycles. The molecule has 6 heteroatoms. The highest BCUT2D eigenvalue weighted by molar-refractivity contribution is 7.98. The average molecular weight is 358 g/mol. The van der Waals surface area contributed by atoms with Crippen LogP contribution in [0.25, 0.3) is 22.1 Å². The molecule has 0 N–H and O–H groups in total. The van der Waals surface area contributed by atoms with Crippen molar-refractivity contribution in [3.05, 3.63) is 69.0 Å². The fourth-order valence-corrected chi connectivity index (χ4v) is 3.53. The minimum Gasteiger partial charge on any atom is -0.431 e. The number of oxazole rings is 1. The quantitative estimate of drug-likeness (QED) is 0.373. The summed E-state index contributed by atoms with van der Waals surface area (Å²) in [5.41, 5.74) is 3.60. The zero-order valence-corrected chi connectivity index (χ0v) is 14.3. The van der Waals surface area contributed by atoms with Crippen molar-refractivity contribution in [1.29, 1.82) is 0 Å². The molecule has 0 saturated carbocycles. The van der Waals surface area contributed by atoms with Crippen molar-refractivity contribution < 1.29 is 8.83 Å². The monoisotopic (exact) mass is 357 g/mol. The molecule has 0 aliphatic carbocycles. The number of aryl methyl sites for hydroxylation is 1. The van der Waals surface area contributed by atoms with Gasteiger partial charge in [-0.15, -0.1) is 0 Å². The summed E-state index contributed by atoms with van der Waals surface area (Å²) in [6, 6.07) is 12.7. The van der Waals surface area contributed by atoms with Crippen LogP contribution in [0.5, 0.6) is 0 Å². The van der Waals surface area contributed by atoms with Crippen LogP contribution in [0.1, 0.15) is 11.1 Å². The van der Waals surface area contributed by atoms with Crippen molar-refractivity contribution in [2.75, 3.05) is 0 Å². The third-order valence-corrected chi connectivity index (χ3v) is 4.78. The number of benzene rings is 2. The van der Waals surface area contributed by atoms with Gasteiger partial charge in [0.25, 0.3) is 5.22 Å². The maximum absolute atomic E-state index is 11.8. The summed E-state index contributed by atoms with van der Waals surface area (Å²) in [7, 11) is 0. The summed E-state index contributed by atoms with van der Waals surface area (Å²) in [5.74, 6) is 0.561. The van der Waals surface area contributed by atoms with Gasteiger partial charge in [0.1, 0.15) is 11.1 Å². The van der Waals surface area contributed by atoms with Crippen LogP contribution >= 0.6 is 23.4 Å². The molecule has 4 rings (SSSR count). The summed E-state index contributed by atoms with van der Waals surface area (Å²) in [4.78, 5) is 16.2. The summed E-state index contributed by atoms with van der Waals surface area (Å²) in [6.07, 6.45) is 0. The van der Waals surface area contributed by atoms with Gasteiger partial charge in [-0.05, 0) is 36.2 Å². The molecule has 4 aromatic rings. The Morgan fingerprint density at radius 1 is 1.08 bits per heavy atom. The standard InChI is InChI=1S/C18H12ClNO3S/c1-10-2-4-13-11(7-17(21)22-15(13)6-10)9-24-18-20-14-5-3-12(19)8-16(14)23-18/h2-8H,9H2,1H3. The second kappa shape index (κ2) is 6.00. The Morgan fingerprint density at radius 2 is 1.96 bits per heavy atom. The summed E-state index contributed by atoms with van der Waals surface area (Å²) >= 11 is 7.39. The first kappa shape index (κ1) is 15.3. The fourth-order valence-electron chi connectivity index (χ4n) is 2.54. The molecule has 4 nitrogen and oxygen atoms in total. The summed E-state index contributed by atoms with van der Waals surface area (Å²) in [6.45, 7) is 1.96. The lowest BCUT2D eigenvalue weighted by Gasteiger charge is -2.04. The zero-order valence-electron chi connectivity index (χ0n) is 12.7. The molecular weight excluding hydrogens is 346 g/mol. The highest BCUT2D eigenvalue weighted by Crippen LogP contribution is 2.29. The van der Waals surface area contributed by atoms with Gasteiger partial charge in [0.2, 0.25) is 0 Å². The minimum absolute atomic E-state index is 0.354. The van der Waals surface area contributed by atoms with Crippen LogP contribution in [0, 0.1) is 6.92 Å². The fraction of sp³-hybridized carbons (Fsp3) is 0.111. The SMILES string of the molecule is Cc1ccc2c(CSc3nc4ccc(Cl)cc4o3)cc(=O)oc2c1. The Morgan fingerprint density at radius 3 is 2.83 bits per heavy atom. The van der Waals surface area contributed by atoms with E-state index in [1.54, 1.807) is 12.1 Å². The molecule has 0 amide bonds. The molecule has 120 valence electrons. The van der Waals surface area contributed by atoms with Gasteiger partial charge in [-0.2, -0.15) is 0 Å². The van der Waals surface area contributed by atoms with E-state index in [0.717, 1.165) is 22.0 Å². The van der Waals surface area contributed by atoms with Crippen LogP contribution < -0.4 is 5.63 Å².